The van der Waals surface area contributed by atoms with Crippen LogP contribution in [0.1, 0.15) is 278 Å². The van der Waals surface area contributed by atoms with Crippen LogP contribution < -0.4 is 0 Å². The molecule has 0 aromatic heterocycles. The van der Waals surface area contributed by atoms with Crippen molar-refractivity contribution < 1.29 is 75.8 Å². The number of hydrogen-bond acceptors (Lipinski definition) is 14. The molecule has 5 atom stereocenters. The fraction of sp³-hybridized carbons (Fsp3) is 0.598. The molecule has 0 fully saturated rings. The number of phosphoric ester groups is 2. The maximum atomic E-state index is 13.0. The number of carbonyl (C=O) groups is 3. The first-order valence-corrected chi connectivity index (χ1v) is 42.7. The Kier molecular flexibility index (Phi) is 73.8. The Labute approximate surface area is 636 Å². The molecule has 0 saturated heterocycles. The summed E-state index contributed by atoms with van der Waals surface area (Å²) < 4.78 is 61.2. The molecular weight excluding hydrogens is 1360 g/mol. The predicted molar refractivity (Wildman–Crippen MR) is 435 cm³/mol. The molecule has 0 aromatic rings. The lowest BCUT2D eigenvalue weighted by Gasteiger charge is -2.21. The van der Waals surface area contributed by atoms with Crippen LogP contribution in [0.15, 0.2) is 194 Å². The molecule has 0 radical (unpaired) electrons. The van der Waals surface area contributed by atoms with Gasteiger partial charge in [0.05, 0.1) is 26.4 Å². The van der Waals surface area contributed by atoms with Crippen molar-refractivity contribution in [2.75, 3.05) is 39.6 Å². The van der Waals surface area contributed by atoms with E-state index in [2.05, 4.69) is 215 Å². The number of hydrogen-bond donors (Lipinski definition) is 4. The van der Waals surface area contributed by atoms with Gasteiger partial charge in [0.15, 0.2) is 6.10 Å². The molecule has 0 bridgehead atoms. The first kappa shape index (κ1) is 99.4. The summed E-state index contributed by atoms with van der Waals surface area (Å²) in [5.74, 6) is -1.64. The van der Waals surface area contributed by atoms with Gasteiger partial charge in [0.2, 0.25) is 0 Å². The summed E-state index contributed by atoms with van der Waals surface area (Å²) in [5, 5.41) is 20.7. The molecule has 5 unspecified atom stereocenters. The Morgan fingerprint density at radius 2 is 0.476 bits per heavy atom. The standard InChI is InChI=1S/C87H140O16P2/c1-4-7-10-13-16-19-22-25-28-31-34-37-38-39-40-41-42-45-47-49-52-55-58-61-64-67-70-73-85(90)97-76-82(88)77-99-104(93,94)100-78-83(89)79-101-105(95,96)102-81-84(103-87(92)75-72-69-66-63-60-57-54-51-48-44-36-33-30-27-24-21-18-15-12-9-6-3)80-98-86(91)74-71-68-65-62-59-56-53-50-46-43-35-32-29-26-23-20-17-14-11-8-5-2/h7-12,16-21,25-30,34-37,39-40,42-45,50-51,53-54,82-84,88-89H,4-6,13-15,22-24,31-33,38,41,46-49,52,55-81H2,1-3H3,(H,93,94)(H,95,96)/b10-7-,11-8-,12-9-,19-16-,20-17-,21-18-,28-25-,29-26-,30-27-,37-34-,40-39-,43-35-,44-36-,45-42-,53-50-,54-51-. The number of esters is 3. The minimum atomic E-state index is -4.95. The topological polar surface area (TPSA) is 231 Å². The Morgan fingerprint density at radius 1 is 0.267 bits per heavy atom. The van der Waals surface area contributed by atoms with Crippen LogP contribution in [0.2, 0.25) is 0 Å². The lowest BCUT2D eigenvalue weighted by atomic mass is 10.1. The van der Waals surface area contributed by atoms with E-state index in [1.54, 1.807) is 0 Å². The van der Waals surface area contributed by atoms with Crippen LogP contribution >= 0.6 is 15.6 Å². The zero-order valence-electron chi connectivity index (χ0n) is 64.8. The van der Waals surface area contributed by atoms with Crippen molar-refractivity contribution >= 4 is 33.6 Å². The van der Waals surface area contributed by atoms with Gasteiger partial charge >= 0.3 is 33.6 Å². The second kappa shape index (κ2) is 78.0. The van der Waals surface area contributed by atoms with Gasteiger partial charge in [-0.2, -0.15) is 0 Å². The number of allylic oxidation sites excluding steroid dienone is 32. The number of unbranched alkanes of at least 4 members (excludes halogenated alkanes) is 18. The van der Waals surface area contributed by atoms with E-state index in [4.69, 9.17) is 32.3 Å². The van der Waals surface area contributed by atoms with Crippen LogP contribution in [0.5, 0.6) is 0 Å². The molecule has 0 aliphatic heterocycles. The minimum Gasteiger partial charge on any atom is -0.463 e. The summed E-state index contributed by atoms with van der Waals surface area (Å²) >= 11 is 0. The molecule has 0 aliphatic rings. The predicted octanol–water partition coefficient (Wildman–Crippen LogP) is 23.5. The van der Waals surface area contributed by atoms with Gasteiger partial charge in [-0.3, -0.25) is 32.5 Å². The van der Waals surface area contributed by atoms with Crippen LogP contribution in [0.4, 0.5) is 0 Å². The highest BCUT2D eigenvalue weighted by Gasteiger charge is 2.29. The number of rotatable bonds is 73. The fourth-order valence-electron chi connectivity index (χ4n) is 9.86. The molecule has 18 heteroatoms. The molecule has 16 nitrogen and oxygen atoms in total. The van der Waals surface area contributed by atoms with Crippen molar-refractivity contribution in [3.63, 3.8) is 0 Å². The van der Waals surface area contributed by atoms with Crippen molar-refractivity contribution in [2.45, 2.75) is 296 Å². The normalized spacial score (nSPS) is 15.0. The van der Waals surface area contributed by atoms with Crippen molar-refractivity contribution in [3.8, 4) is 0 Å². The van der Waals surface area contributed by atoms with E-state index in [1.807, 2.05) is 0 Å². The fourth-order valence-corrected chi connectivity index (χ4v) is 11.4. The SMILES string of the molecule is CC/C=C\C/C=C\C/C=C\C/C=C\C/C=C\C/C=C\CCCCCCCCCCC(=O)OCC(O)COP(=O)(O)OCC(O)COP(=O)(O)OCC(COC(=O)CCCCCCC/C=C\C/C=C\C/C=C\C/C=C\C/C=C\CC)OC(=O)CCCCCCC/C=C\C/C=C\C/C=C\C/C=C\C/C=C\CC. The van der Waals surface area contributed by atoms with Gasteiger partial charge in [-0.25, -0.2) is 9.13 Å². The van der Waals surface area contributed by atoms with E-state index in [0.29, 0.717) is 19.3 Å². The Balaban J connectivity index is 4.72. The summed E-state index contributed by atoms with van der Waals surface area (Å²) in [6.45, 7) is 2.26. The van der Waals surface area contributed by atoms with Crippen LogP contribution in [-0.2, 0) is 55.8 Å². The lowest BCUT2D eigenvalue weighted by Crippen LogP contribution is -2.30. The first-order chi connectivity index (χ1) is 51.2. The van der Waals surface area contributed by atoms with E-state index < -0.39 is 91.5 Å². The Morgan fingerprint density at radius 3 is 0.752 bits per heavy atom. The number of aliphatic hydroxyl groups excluding tert-OH is 2. The molecule has 0 heterocycles. The molecule has 594 valence electrons. The third-order valence-electron chi connectivity index (χ3n) is 15.8. The average molecular weight is 1500 g/mol. The number of ether oxygens (including phenoxy) is 3. The van der Waals surface area contributed by atoms with Crippen LogP contribution in [0.25, 0.3) is 0 Å². The Bertz CT molecular complexity index is 2690. The van der Waals surface area contributed by atoms with Gasteiger partial charge < -0.3 is 34.2 Å². The van der Waals surface area contributed by atoms with E-state index in [0.717, 1.165) is 199 Å². The molecule has 0 aromatic carbocycles. The van der Waals surface area contributed by atoms with E-state index in [9.17, 15) is 43.5 Å². The summed E-state index contributed by atoms with van der Waals surface area (Å²) in [4.78, 5) is 58.7. The zero-order chi connectivity index (χ0) is 76.6. The first-order valence-electron chi connectivity index (χ1n) is 39.7. The van der Waals surface area contributed by atoms with Gasteiger partial charge in [-0.15, -0.1) is 0 Å². The zero-order valence-corrected chi connectivity index (χ0v) is 66.6. The van der Waals surface area contributed by atoms with Gasteiger partial charge in [-0.05, 0) is 161 Å². The van der Waals surface area contributed by atoms with Crippen molar-refractivity contribution in [2.24, 2.45) is 0 Å². The number of phosphoric acid groups is 2. The van der Waals surface area contributed by atoms with E-state index >= 15 is 0 Å². The quantitative estimate of drug-likeness (QED) is 0.0146. The molecule has 105 heavy (non-hydrogen) atoms. The van der Waals surface area contributed by atoms with Gasteiger partial charge in [0.1, 0.15) is 25.4 Å². The van der Waals surface area contributed by atoms with Gasteiger partial charge in [0, 0.05) is 19.3 Å². The van der Waals surface area contributed by atoms with Crippen LogP contribution in [0.3, 0.4) is 0 Å². The molecule has 0 amide bonds. The number of carbonyl (C=O) groups excluding carboxylic acids is 3. The molecule has 0 saturated carbocycles. The molecule has 4 N–H and O–H groups in total. The molecular formula is C87H140O16P2. The average Bonchev–Trinajstić information content (AvgIpc) is 0.922. The lowest BCUT2D eigenvalue weighted by molar-refractivity contribution is -0.161. The van der Waals surface area contributed by atoms with Crippen LogP contribution in [0, 0.1) is 0 Å². The largest absolute Gasteiger partial charge is 0.472 e. The maximum absolute atomic E-state index is 13.0. The second-order valence-electron chi connectivity index (χ2n) is 25.7. The maximum Gasteiger partial charge on any atom is 0.472 e. The summed E-state index contributed by atoms with van der Waals surface area (Å²) in [7, 11) is -9.83. The highest BCUT2D eigenvalue weighted by atomic mass is 31.2. The highest BCUT2D eigenvalue weighted by Crippen LogP contribution is 2.45. The summed E-state index contributed by atoms with van der Waals surface area (Å²) in [6, 6.07) is 0. The highest BCUT2D eigenvalue weighted by molar-refractivity contribution is 7.47. The Hall–Kier alpha value is -5.61. The van der Waals surface area contributed by atoms with Gasteiger partial charge in [0.25, 0.3) is 0 Å². The summed E-state index contributed by atoms with van der Waals surface area (Å²) in [6.07, 6.45) is 102. The van der Waals surface area contributed by atoms with Crippen LogP contribution in [-0.4, -0.2) is 95.9 Å². The minimum absolute atomic E-state index is 0.0694. The monoisotopic (exact) mass is 1500 g/mol. The smallest absolute Gasteiger partial charge is 0.463 e. The van der Waals surface area contributed by atoms with Crippen molar-refractivity contribution in [1.29, 1.82) is 0 Å². The van der Waals surface area contributed by atoms with Crippen molar-refractivity contribution in [1.82, 2.24) is 0 Å². The molecule has 0 aliphatic carbocycles. The third kappa shape index (κ3) is 79.3. The molecule has 0 rings (SSSR count). The van der Waals surface area contributed by atoms with Crippen molar-refractivity contribution in [3.05, 3.63) is 194 Å². The van der Waals surface area contributed by atoms with E-state index in [1.165, 1.54) is 19.3 Å². The second-order valence-corrected chi connectivity index (χ2v) is 28.6. The van der Waals surface area contributed by atoms with E-state index in [-0.39, 0.29) is 19.3 Å². The number of aliphatic hydroxyl groups is 2. The molecule has 0 spiro atoms. The van der Waals surface area contributed by atoms with Gasteiger partial charge in [-0.1, -0.05) is 292 Å². The summed E-state index contributed by atoms with van der Waals surface area (Å²) in [5.41, 5.74) is 0. The third-order valence-corrected chi connectivity index (χ3v) is 17.7.